The number of nitrogens with zero attached hydrogens (tertiary/aromatic N) is 1. The van der Waals surface area contributed by atoms with Gasteiger partial charge in [-0.2, -0.15) is 0 Å². The second-order valence-electron chi connectivity index (χ2n) is 13.8. The van der Waals surface area contributed by atoms with Gasteiger partial charge in [-0.25, -0.2) is 0 Å². The molecule has 0 radical (unpaired) electrons. The maximum absolute atomic E-state index is 6.16. The normalized spacial score (nSPS) is 11.3. The van der Waals surface area contributed by atoms with Crippen LogP contribution in [0.4, 0.5) is 17.1 Å². The Morgan fingerprint density at radius 2 is 0.741 bits per heavy atom. The largest absolute Gasteiger partial charge is 0.456 e. The van der Waals surface area contributed by atoms with Gasteiger partial charge < -0.3 is 9.32 Å². The highest BCUT2D eigenvalue weighted by molar-refractivity contribution is 6.10. The summed E-state index contributed by atoms with van der Waals surface area (Å²) in [4.78, 5) is 2.35. The first-order valence-corrected chi connectivity index (χ1v) is 18.4. The van der Waals surface area contributed by atoms with E-state index in [9.17, 15) is 0 Å². The molecule has 0 atom stereocenters. The minimum absolute atomic E-state index is 0.921. The summed E-state index contributed by atoms with van der Waals surface area (Å²) < 4.78 is 6.16. The number of hydrogen-bond donors (Lipinski definition) is 0. The van der Waals surface area contributed by atoms with Crippen LogP contribution in [0, 0.1) is 0 Å². The van der Waals surface area contributed by atoms with E-state index in [1.807, 2.05) is 12.1 Å². The molecule has 0 aliphatic rings. The highest BCUT2D eigenvalue weighted by Gasteiger charge is 2.15. The fraction of sp³-hybridized carbons (Fsp3) is 0. The van der Waals surface area contributed by atoms with Crippen molar-refractivity contribution in [2.75, 3.05) is 4.90 Å². The highest BCUT2D eigenvalue weighted by Crippen LogP contribution is 2.39. The van der Waals surface area contributed by atoms with Gasteiger partial charge in [-0.3, -0.25) is 0 Å². The number of para-hydroxylation sites is 1. The number of furan rings is 1. The van der Waals surface area contributed by atoms with Crippen LogP contribution in [0.25, 0.3) is 77.2 Å². The van der Waals surface area contributed by atoms with Crippen molar-refractivity contribution in [3.8, 4) is 44.5 Å². The van der Waals surface area contributed by atoms with E-state index in [1.165, 1.54) is 55.3 Å². The maximum Gasteiger partial charge on any atom is 0.136 e. The zero-order chi connectivity index (χ0) is 35.8. The predicted octanol–water partition coefficient (Wildman–Crippen LogP) is 14.9. The summed E-state index contributed by atoms with van der Waals surface area (Å²) in [5.74, 6) is 0. The fourth-order valence-corrected chi connectivity index (χ4v) is 7.64. The summed E-state index contributed by atoms with van der Waals surface area (Å²) in [6.07, 6.45) is 0. The zero-order valence-electron chi connectivity index (χ0n) is 29.6. The van der Waals surface area contributed by atoms with Crippen LogP contribution in [0.3, 0.4) is 0 Å². The molecule has 1 heterocycles. The van der Waals surface area contributed by atoms with Gasteiger partial charge >= 0.3 is 0 Å². The molecule has 0 amide bonds. The van der Waals surface area contributed by atoms with Crippen LogP contribution < -0.4 is 4.90 Å². The molecule has 254 valence electrons. The first-order chi connectivity index (χ1) is 26.7. The van der Waals surface area contributed by atoms with Crippen molar-refractivity contribution >= 4 is 49.8 Å². The first kappa shape index (κ1) is 31.6. The Kier molecular flexibility index (Phi) is 7.85. The molecule has 0 bridgehead atoms. The second-order valence-corrected chi connectivity index (χ2v) is 13.8. The van der Waals surface area contributed by atoms with Gasteiger partial charge in [0.15, 0.2) is 0 Å². The number of rotatable bonds is 7. The van der Waals surface area contributed by atoms with E-state index in [0.717, 1.165) is 39.0 Å². The van der Waals surface area contributed by atoms with Crippen molar-refractivity contribution in [2.45, 2.75) is 0 Å². The third-order valence-corrected chi connectivity index (χ3v) is 10.5. The van der Waals surface area contributed by atoms with Crippen molar-refractivity contribution in [1.82, 2.24) is 0 Å². The lowest BCUT2D eigenvalue weighted by atomic mass is 9.99. The minimum Gasteiger partial charge on any atom is -0.456 e. The van der Waals surface area contributed by atoms with Crippen LogP contribution in [0.2, 0.25) is 0 Å². The van der Waals surface area contributed by atoms with E-state index >= 15 is 0 Å². The molecule has 10 aromatic rings. The van der Waals surface area contributed by atoms with Crippen LogP contribution in [-0.4, -0.2) is 0 Å². The molecule has 0 fully saturated rings. The molecule has 0 aliphatic carbocycles. The van der Waals surface area contributed by atoms with Crippen molar-refractivity contribution in [3.63, 3.8) is 0 Å². The van der Waals surface area contributed by atoms with Gasteiger partial charge in [0, 0.05) is 27.8 Å². The van der Waals surface area contributed by atoms with Crippen LogP contribution in [0.1, 0.15) is 0 Å². The Morgan fingerprint density at radius 3 is 1.39 bits per heavy atom. The molecule has 2 heteroatoms. The molecule has 0 N–H and O–H groups in total. The molecule has 0 unspecified atom stereocenters. The van der Waals surface area contributed by atoms with E-state index in [1.54, 1.807) is 0 Å². The summed E-state index contributed by atoms with van der Waals surface area (Å²) in [5, 5.41) is 4.66. The van der Waals surface area contributed by atoms with Crippen molar-refractivity contribution < 1.29 is 4.42 Å². The SMILES string of the molecule is c1ccc(-c2ccc(-c3ccc(N(c4ccc(-c5ccc6cc7oc8ccccc8c7cc6c5)cc4)c4cccc(-c5ccccc5)c4)cc3)cc2)cc1. The predicted molar refractivity (Wildman–Crippen MR) is 228 cm³/mol. The van der Waals surface area contributed by atoms with Gasteiger partial charge in [0.25, 0.3) is 0 Å². The smallest absolute Gasteiger partial charge is 0.136 e. The Morgan fingerprint density at radius 1 is 0.259 bits per heavy atom. The molecule has 0 spiro atoms. The van der Waals surface area contributed by atoms with Gasteiger partial charge in [0.1, 0.15) is 11.2 Å². The van der Waals surface area contributed by atoms with Crippen LogP contribution in [0.15, 0.2) is 217 Å². The van der Waals surface area contributed by atoms with E-state index in [0.29, 0.717) is 0 Å². The molecular weight excluding hydrogens is 655 g/mol. The highest BCUT2D eigenvalue weighted by atomic mass is 16.3. The molecule has 0 saturated carbocycles. The van der Waals surface area contributed by atoms with E-state index in [2.05, 4.69) is 205 Å². The lowest BCUT2D eigenvalue weighted by Crippen LogP contribution is -2.10. The second kappa shape index (κ2) is 13.4. The van der Waals surface area contributed by atoms with Gasteiger partial charge in [-0.15, -0.1) is 0 Å². The minimum atomic E-state index is 0.921. The average Bonchev–Trinajstić information content (AvgIpc) is 3.61. The lowest BCUT2D eigenvalue weighted by molar-refractivity contribution is 0.669. The topological polar surface area (TPSA) is 16.4 Å². The summed E-state index contributed by atoms with van der Waals surface area (Å²) in [6.45, 7) is 0. The van der Waals surface area contributed by atoms with Gasteiger partial charge in [-0.05, 0) is 116 Å². The Balaban J connectivity index is 1.01. The van der Waals surface area contributed by atoms with Crippen LogP contribution >= 0.6 is 0 Å². The Labute approximate surface area is 314 Å². The van der Waals surface area contributed by atoms with Crippen LogP contribution in [0.5, 0.6) is 0 Å². The maximum atomic E-state index is 6.16. The van der Waals surface area contributed by atoms with Gasteiger partial charge in [-0.1, -0.05) is 152 Å². The zero-order valence-corrected chi connectivity index (χ0v) is 29.6. The van der Waals surface area contributed by atoms with Gasteiger partial charge in [0.2, 0.25) is 0 Å². The van der Waals surface area contributed by atoms with E-state index in [-0.39, 0.29) is 0 Å². The molecule has 10 rings (SSSR count). The van der Waals surface area contributed by atoms with Crippen molar-refractivity contribution in [3.05, 3.63) is 212 Å². The standard InChI is InChI=1S/C52H35NO/c1-3-10-36(11-4-1)38-18-20-39(21-19-38)40-24-28-46(29-25-40)53(48-15-9-14-42(33-48)37-12-5-2-6-13-37)47-30-26-41(27-31-47)43-22-23-44-35-52-50(34-45(44)32-43)49-16-7-8-17-51(49)54-52/h1-35H. The number of hydrogen-bond acceptors (Lipinski definition) is 2. The molecule has 0 aliphatic heterocycles. The first-order valence-electron chi connectivity index (χ1n) is 18.4. The number of benzene rings is 9. The molecule has 54 heavy (non-hydrogen) atoms. The number of fused-ring (bicyclic) bond motifs is 4. The Hall–Kier alpha value is -7.16. The van der Waals surface area contributed by atoms with E-state index < -0.39 is 0 Å². The third kappa shape index (κ3) is 5.90. The Bertz CT molecular complexity index is 2890. The molecule has 1 aromatic heterocycles. The van der Waals surface area contributed by atoms with Gasteiger partial charge in [0.05, 0.1) is 0 Å². The summed E-state index contributed by atoms with van der Waals surface area (Å²) in [6, 6.07) is 76.0. The number of anilines is 3. The molecule has 2 nitrogen and oxygen atoms in total. The molecular formula is C52H35NO. The molecule has 0 saturated heterocycles. The quantitative estimate of drug-likeness (QED) is 0.166. The molecule has 9 aromatic carbocycles. The summed E-state index contributed by atoms with van der Waals surface area (Å²) in [5.41, 5.74) is 14.7. The van der Waals surface area contributed by atoms with Crippen molar-refractivity contribution in [2.24, 2.45) is 0 Å². The fourth-order valence-electron chi connectivity index (χ4n) is 7.64. The monoisotopic (exact) mass is 689 g/mol. The summed E-state index contributed by atoms with van der Waals surface area (Å²) >= 11 is 0. The third-order valence-electron chi connectivity index (χ3n) is 10.5. The van der Waals surface area contributed by atoms with Crippen LogP contribution in [-0.2, 0) is 0 Å². The average molecular weight is 690 g/mol. The lowest BCUT2D eigenvalue weighted by Gasteiger charge is -2.26. The van der Waals surface area contributed by atoms with E-state index in [4.69, 9.17) is 4.42 Å². The summed E-state index contributed by atoms with van der Waals surface area (Å²) in [7, 11) is 0. The van der Waals surface area contributed by atoms with Crippen molar-refractivity contribution in [1.29, 1.82) is 0 Å².